The van der Waals surface area contributed by atoms with E-state index in [0.29, 0.717) is 0 Å². The molecule has 0 bridgehead atoms. The second-order valence-corrected chi connectivity index (χ2v) is 5.91. The Hall–Kier alpha value is -1.28. The van der Waals surface area contributed by atoms with Crippen molar-refractivity contribution in [1.82, 2.24) is 4.98 Å². The number of ether oxygens (including phenoxy) is 1. The van der Waals surface area contributed by atoms with Crippen LogP contribution in [0.4, 0.5) is 13.2 Å². The smallest absolute Gasteiger partial charge is 0.481 e. The predicted octanol–water partition coefficient (Wildman–Crippen LogP) is 2.41. The molecule has 1 aliphatic heterocycles. The van der Waals surface area contributed by atoms with Crippen molar-refractivity contribution in [3.63, 3.8) is 0 Å². The van der Waals surface area contributed by atoms with Crippen molar-refractivity contribution in [2.24, 2.45) is 0 Å². The van der Waals surface area contributed by atoms with E-state index in [1.54, 1.807) is 0 Å². The van der Waals surface area contributed by atoms with Gasteiger partial charge in [-0.15, -0.1) is 0 Å². The molecule has 0 N–H and O–H groups in total. The lowest BCUT2D eigenvalue weighted by Gasteiger charge is -2.32. The summed E-state index contributed by atoms with van der Waals surface area (Å²) in [5, 5.41) is 0. The summed E-state index contributed by atoms with van der Waals surface area (Å²) in [6.07, 6.45) is -4.49. The second-order valence-electron chi connectivity index (χ2n) is 5.91. The summed E-state index contributed by atoms with van der Waals surface area (Å²) in [5.74, 6) is -0.130. The van der Waals surface area contributed by atoms with E-state index in [-0.39, 0.29) is 11.5 Å². The standard InChI is InChI=1S/C13H17BF3NO3/c1-11(2)12(3,4)21-14(20-11)9-6-8(13(15,16)17)7-10(18-9)19-5/h6-7H,1-5H3. The van der Waals surface area contributed by atoms with Crippen molar-refractivity contribution < 1.29 is 27.2 Å². The fourth-order valence-corrected chi connectivity index (χ4v) is 1.88. The Balaban J connectivity index is 2.42. The van der Waals surface area contributed by atoms with Crippen molar-refractivity contribution in [3.8, 4) is 5.88 Å². The number of pyridine rings is 1. The number of aromatic nitrogens is 1. The van der Waals surface area contributed by atoms with E-state index < -0.39 is 30.1 Å². The summed E-state index contributed by atoms with van der Waals surface area (Å²) in [7, 11) is 0.294. The van der Waals surface area contributed by atoms with E-state index in [2.05, 4.69) is 4.98 Å². The van der Waals surface area contributed by atoms with E-state index in [1.165, 1.54) is 7.11 Å². The molecule has 4 nitrogen and oxygen atoms in total. The summed E-state index contributed by atoms with van der Waals surface area (Å²) < 4.78 is 55.0. The van der Waals surface area contributed by atoms with Crippen LogP contribution in [0.2, 0.25) is 0 Å². The minimum Gasteiger partial charge on any atom is -0.481 e. The van der Waals surface area contributed by atoms with Crippen molar-refractivity contribution >= 4 is 12.7 Å². The highest BCUT2D eigenvalue weighted by atomic mass is 19.4. The van der Waals surface area contributed by atoms with Crippen molar-refractivity contribution in [2.45, 2.75) is 45.1 Å². The second kappa shape index (κ2) is 4.88. The Labute approximate surface area is 121 Å². The third kappa shape index (κ3) is 3.01. The quantitative estimate of drug-likeness (QED) is 0.787. The van der Waals surface area contributed by atoms with Gasteiger partial charge >= 0.3 is 13.3 Å². The van der Waals surface area contributed by atoms with Crippen molar-refractivity contribution in [2.75, 3.05) is 7.11 Å². The number of rotatable bonds is 2. The van der Waals surface area contributed by atoms with Gasteiger partial charge in [0.05, 0.1) is 29.5 Å². The van der Waals surface area contributed by atoms with Gasteiger partial charge in [0, 0.05) is 6.07 Å². The highest BCUT2D eigenvalue weighted by Gasteiger charge is 2.52. The molecule has 0 spiro atoms. The zero-order valence-electron chi connectivity index (χ0n) is 12.5. The zero-order chi connectivity index (χ0) is 16.1. The largest absolute Gasteiger partial charge is 0.514 e. The molecule has 1 fully saturated rings. The van der Waals surface area contributed by atoms with Gasteiger partial charge in [0.1, 0.15) is 0 Å². The van der Waals surface area contributed by atoms with Gasteiger partial charge in [0.2, 0.25) is 5.88 Å². The van der Waals surface area contributed by atoms with Crippen LogP contribution in [0.15, 0.2) is 12.1 Å². The average Bonchev–Trinajstić information content (AvgIpc) is 2.57. The first kappa shape index (κ1) is 16.1. The molecule has 8 heteroatoms. The Morgan fingerprint density at radius 3 is 2.05 bits per heavy atom. The van der Waals surface area contributed by atoms with Gasteiger partial charge in [0.25, 0.3) is 0 Å². The van der Waals surface area contributed by atoms with Crippen LogP contribution in [0.3, 0.4) is 0 Å². The van der Waals surface area contributed by atoms with Gasteiger partial charge in [-0.05, 0) is 33.8 Å². The Morgan fingerprint density at radius 2 is 1.62 bits per heavy atom. The normalized spacial score (nSPS) is 20.7. The summed E-state index contributed by atoms with van der Waals surface area (Å²) in [6.45, 7) is 7.27. The van der Waals surface area contributed by atoms with Crippen LogP contribution in [0, 0.1) is 0 Å². The third-order valence-corrected chi connectivity index (χ3v) is 3.85. The minimum absolute atomic E-state index is 0.0420. The van der Waals surface area contributed by atoms with Crippen molar-refractivity contribution in [3.05, 3.63) is 17.7 Å². The molecule has 2 rings (SSSR count). The molecule has 2 heterocycles. The number of methoxy groups -OCH3 is 1. The Morgan fingerprint density at radius 1 is 1.10 bits per heavy atom. The van der Waals surface area contributed by atoms with Crippen LogP contribution in [-0.2, 0) is 15.5 Å². The van der Waals surface area contributed by atoms with E-state index >= 15 is 0 Å². The lowest BCUT2D eigenvalue weighted by Crippen LogP contribution is -2.41. The number of hydrogen-bond donors (Lipinski definition) is 0. The highest BCUT2D eigenvalue weighted by molar-refractivity contribution is 6.61. The van der Waals surface area contributed by atoms with Crippen molar-refractivity contribution in [1.29, 1.82) is 0 Å². The monoisotopic (exact) mass is 303 g/mol. The zero-order valence-corrected chi connectivity index (χ0v) is 12.5. The molecule has 1 aromatic heterocycles. The summed E-state index contributed by atoms with van der Waals surface area (Å²) >= 11 is 0. The summed E-state index contributed by atoms with van der Waals surface area (Å²) in [6, 6.07) is 1.76. The molecule has 21 heavy (non-hydrogen) atoms. The maximum absolute atomic E-state index is 12.9. The molecule has 1 saturated heterocycles. The summed E-state index contributed by atoms with van der Waals surface area (Å²) in [4.78, 5) is 4.01. The van der Waals surface area contributed by atoms with Gasteiger partial charge in [0.15, 0.2) is 0 Å². The number of halogens is 3. The number of alkyl halides is 3. The number of hydrogen-bond acceptors (Lipinski definition) is 4. The van der Waals surface area contributed by atoms with Crippen LogP contribution in [0.1, 0.15) is 33.3 Å². The van der Waals surface area contributed by atoms with Gasteiger partial charge < -0.3 is 14.0 Å². The maximum Gasteiger partial charge on any atom is 0.514 e. The molecule has 1 aromatic rings. The molecule has 0 amide bonds. The van der Waals surface area contributed by atoms with E-state index in [0.717, 1.165) is 12.1 Å². The lowest BCUT2D eigenvalue weighted by atomic mass is 9.83. The first-order chi connectivity index (χ1) is 9.46. The first-order valence-corrected chi connectivity index (χ1v) is 6.45. The topological polar surface area (TPSA) is 40.6 Å². The minimum atomic E-state index is -4.49. The molecule has 0 aliphatic carbocycles. The fourth-order valence-electron chi connectivity index (χ4n) is 1.88. The molecule has 0 saturated carbocycles. The van der Waals surface area contributed by atoms with Crippen LogP contribution in [0.25, 0.3) is 0 Å². The third-order valence-electron chi connectivity index (χ3n) is 3.85. The van der Waals surface area contributed by atoms with Gasteiger partial charge in [-0.25, -0.2) is 4.98 Å². The molecule has 0 unspecified atom stereocenters. The number of nitrogens with zero attached hydrogens (tertiary/aromatic N) is 1. The first-order valence-electron chi connectivity index (χ1n) is 6.45. The lowest BCUT2D eigenvalue weighted by molar-refractivity contribution is -0.137. The molecule has 0 radical (unpaired) electrons. The fraction of sp³-hybridized carbons (Fsp3) is 0.615. The van der Waals surface area contributed by atoms with E-state index in [1.807, 2.05) is 27.7 Å². The highest BCUT2D eigenvalue weighted by Crippen LogP contribution is 2.37. The van der Waals surface area contributed by atoms with Crippen LogP contribution in [0.5, 0.6) is 5.88 Å². The predicted molar refractivity (Wildman–Crippen MR) is 71.5 cm³/mol. The molecular formula is C13H17BF3NO3. The molecule has 116 valence electrons. The molecular weight excluding hydrogens is 286 g/mol. The van der Waals surface area contributed by atoms with E-state index in [9.17, 15) is 13.2 Å². The van der Waals surface area contributed by atoms with Crippen LogP contribution >= 0.6 is 0 Å². The Kier molecular flexibility index (Phi) is 3.74. The average molecular weight is 303 g/mol. The molecule has 1 aliphatic rings. The Bertz CT molecular complexity index is 530. The molecule has 0 atom stereocenters. The van der Waals surface area contributed by atoms with Crippen LogP contribution < -0.4 is 10.3 Å². The maximum atomic E-state index is 12.9. The van der Waals surface area contributed by atoms with Gasteiger partial charge in [-0.3, -0.25) is 0 Å². The van der Waals surface area contributed by atoms with Crippen LogP contribution in [-0.4, -0.2) is 30.4 Å². The SMILES string of the molecule is COc1cc(C(F)(F)F)cc(B2OC(C)(C)C(C)(C)O2)n1. The van der Waals surface area contributed by atoms with E-state index in [4.69, 9.17) is 14.0 Å². The van der Waals surface area contributed by atoms with Gasteiger partial charge in [-0.2, -0.15) is 13.2 Å². The molecule has 0 aromatic carbocycles. The van der Waals surface area contributed by atoms with Gasteiger partial charge in [-0.1, -0.05) is 0 Å². The summed E-state index contributed by atoms with van der Waals surface area (Å²) in [5.41, 5.74) is -2.11.